The fraction of sp³-hybridized carbons (Fsp3) is 0.250. The summed E-state index contributed by atoms with van der Waals surface area (Å²) in [6.07, 6.45) is -0.637. The molecule has 0 aliphatic carbocycles. The SMILES string of the molecule is CN(C)c1cccc2c(S(=O)(=O)N[C@@H](CC(N)=O)C(=O)O)cccc12. The number of sulfonamides is 1. The molecule has 0 heterocycles. The van der Waals surface area contributed by atoms with E-state index in [1.54, 1.807) is 24.3 Å². The van der Waals surface area contributed by atoms with E-state index < -0.39 is 34.4 Å². The second-order valence-electron chi connectivity index (χ2n) is 5.71. The highest BCUT2D eigenvalue weighted by molar-refractivity contribution is 7.89. The van der Waals surface area contributed by atoms with Crippen LogP contribution in [0.4, 0.5) is 5.69 Å². The van der Waals surface area contributed by atoms with Gasteiger partial charge in [-0.1, -0.05) is 24.3 Å². The summed E-state index contributed by atoms with van der Waals surface area (Å²) in [4.78, 5) is 24.0. The number of carbonyl (C=O) groups is 2. The summed E-state index contributed by atoms with van der Waals surface area (Å²) in [7, 11) is -0.507. The Bertz CT molecular complexity index is 925. The molecule has 0 fully saturated rings. The Morgan fingerprint density at radius 3 is 2.32 bits per heavy atom. The Labute approximate surface area is 145 Å². The topological polar surface area (TPSA) is 130 Å². The number of carboxylic acids is 1. The van der Waals surface area contributed by atoms with Gasteiger partial charge in [0.05, 0.1) is 11.3 Å². The van der Waals surface area contributed by atoms with Crippen molar-refractivity contribution in [1.29, 1.82) is 0 Å². The molecule has 25 heavy (non-hydrogen) atoms. The number of hydrogen-bond acceptors (Lipinski definition) is 5. The third kappa shape index (κ3) is 4.06. The molecule has 4 N–H and O–H groups in total. The van der Waals surface area contributed by atoms with Gasteiger partial charge in [0.15, 0.2) is 0 Å². The number of rotatable bonds is 7. The zero-order valence-corrected chi connectivity index (χ0v) is 14.6. The van der Waals surface area contributed by atoms with Crippen molar-refractivity contribution < 1.29 is 23.1 Å². The molecule has 0 aliphatic heterocycles. The normalized spacial score (nSPS) is 12.7. The van der Waals surface area contributed by atoms with Crippen molar-refractivity contribution in [2.24, 2.45) is 5.73 Å². The first kappa shape index (κ1) is 18.7. The number of carbonyl (C=O) groups excluding carboxylic acids is 1. The largest absolute Gasteiger partial charge is 0.480 e. The van der Waals surface area contributed by atoms with Gasteiger partial charge >= 0.3 is 5.97 Å². The number of nitrogens with zero attached hydrogens (tertiary/aromatic N) is 1. The standard InChI is InChI=1S/C16H19N3O5S/c1-19(2)13-7-3-6-11-10(13)5-4-8-14(11)25(23,24)18-12(16(21)22)9-15(17)20/h3-8,12,18H,9H2,1-2H3,(H2,17,20)(H,21,22)/t12-/m0/s1. The van der Waals surface area contributed by atoms with Gasteiger partial charge in [-0.3, -0.25) is 9.59 Å². The molecule has 8 nitrogen and oxygen atoms in total. The Kier molecular flexibility index (Phi) is 5.29. The third-order valence-corrected chi connectivity index (χ3v) is 5.16. The highest BCUT2D eigenvalue weighted by Crippen LogP contribution is 2.30. The molecule has 0 spiro atoms. The fourth-order valence-electron chi connectivity index (χ4n) is 2.52. The minimum Gasteiger partial charge on any atom is -0.480 e. The third-order valence-electron chi connectivity index (χ3n) is 3.63. The maximum Gasteiger partial charge on any atom is 0.322 e. The molecule has 1 atom stereocenters. The van der Waals surface area contributed by atoms with Crippen LogP contribution >= 0.6 is 0 Å². The van der Waals surface area contributed by atoms with Crippen LogP contribution < -0.4 is 15.4 Å². The van der Waals surface area contributed by atoms with Crippen molar-refractivity contribution in [2.45, 2.75) is 17.4 Å². The van der Waals surface area contributed by atoms with Crippen LogP contribution in [0.15, 0.2) is 41.3 Å². The van der Waals surface area contributed by atoms with E-state index >= 15 is 0 Å². The summed E-state index contributed by atoms with van der Waals surface area (Å²) < 4.78 is 27.4. The van der Waals surface area contributed by atoms with E-state index in [1.807, 2.05) is 29.8 Å². The minimum atomic E-state index is -4.18. The second kappa shape index (κ2) is 7.08. The molecule has 2 rings (SSSR count). The molecule has 0 saturated carbocycles. The predicted molar refractivity (Wildman–Crippen MR) is 93.8 cm³/mol. The maximum absolute atomic E-state index is 12.7. The van der Waals surface area contributed by atoms with Gasteiger partial charge in [-0.2, -0.15) is 4.72 Å². The first-order valence-corrected chi connectivity index (χ1v) is 8.84. The molecule has 134 valence electrons. The van der Waals surface area contributed by atoms with Crippen LogP contribution in [-0.2, 0) is 19.6 Å². The molecule has 0 bridgehead atoms. The smallest absolute Gasteiger partial charge is 0.322 e. The zero-order valence-electron chi connectivity index (χ0n) is 13.8. The molecular weight excluding hydrogens is 346 g/mol. The minimum absolute atomic E-state index is 0.0654. The van der Waals surface area contributed by atoms with Crippen molar-refractivity contribution in [3.05, 3.63) is 36.4 Å². The van der Waals surface area contributed by atoms with Crippen molar-refractivity contribution in [3.63, 3.8) is 0 Å². The average Bonchev–Trinajstić information content (AvgIpc) is 2.52. The number of hydrogen-bond donors (Lipinski definition) is 3. The molecule has 2 aromatic carbocycles. The molecule has 0 aromatic heterocycles. The van der Waals surface area contributed by atoms with Gasteiger partial charge in [0.2, 0.25) is 15.9 Å². The molecule has 9 heteroatoms. The first-order chi connectivity index (χ1) is 11.6. The van der Waals surface area contributed by atoms with E-state index in [0.29, 0.717) is 10.8 Å². The van der Waals surface area contributed by atoms with E-state index in [9.17, 15) is 18.0 Å². The summed E-state index contributed by atoms with van der Waals surface area (Å²) in [5, 5.41) is 10.3. The van der Waals surface area contributed by atoms with E-state index in [4.69, 9.17) is 10.8 Å². The van der Waals surface area contributed by atoms with Gasteiger partial charge < -0.3 is 15.7 Å². The number of nitrogens with one attached hydrogen (secondary N) is 1. The van der Waals surface area contributed by atoms with Gasteiger partial charge in [-0.25, -0.2) is 8.42 Å². The predicted octanol–water partition coefficient (Wildman–Crippen LogP) is 0.513. The molecular formula is C16H19N3O5S. The average molecular weight is 365 g/mol. The lowest BCUT2D eigenvalue weighted by Gasteiger charge is -2.18. The Hall–Kier alpha value is -2.65. The van der Waals surface area contributed by atoms with E-state index in [-0.39, 0.29) is 4.90 Å². The van der Waals surface area contributed by atoms with Gasteiger partial charge in [0.25, 0.3) is 0 Å². The molecule has 0 saturated heterocycles. The number of primary amides is 1. The van der Waals surface area contributed by atoms with Crippen LogP contribution in [0.2, 0.25) is 0 Å². The number of carboxylic acid groups (broad SMARTS) is 1. The lowest BCUT2D eigenvalue weighted by atomic mass is 10.1. The molecule has 1 amide bonds. The molecule has 2 aromatic rings. The van der Waals surface area contributed by atoms with Gasteiger partial charge in [0.1, 0.15) is 6.04 Å². The summed E-state index contributed by atoms with van der Waals surface area (Å²) >= 11 is 0. The number of aliphatic carboxylic acids is 1. The van der Waals surface area contributed by atoms with Crippen LogP contribution in [0.25, 0.3) is 10.8 Å². The van der Waals surface area contributed by atoms with Crippen molar-refractivity contribution >= 4 is 38.4 Å². The van der Waals surface area contributed by atoms with E-state index in [2.05, 4.69) is 0 Å². The second-order valence-corrected chi connectivity index (χ2v) is 7.39. The lowest BCUT2D eigenvalue weighted by molar-refractivity contribution is -0.140. The van der Waals surface area contributed by atoms with E-state index in [0.717, 1.165) is 5.69 Å². The van der Waals surface area contributed by atoms with Crippen LogP contribution in [0.1, 0.15) is 6.42 Å². The molecule has 0 aliphatic rings. The van der Waals surface area contributed by atoms with Gasteiger partial charge in [-0.05, 0) is 12.1 Å². The van der Waals surface area contributed by atoms with Gasteiger partial charge in [-0.15, -0.1) is 0 Å². The van der Waals surface area contributed by atoms with Crippen molar-refractivity contribution in [3.8, 4) is 0 Å². The first-order valence-electron chi connectivity index (χ1n) is 7.36. The highest BCUT2D eigenvalue weighted by atomic mass is 32.2. The van der Waals surface area contributed by atoms with Crippen molar-refractivity contribution in [1.82, 2.24) is 4.72 Å². The van der Waals surface area contributed by atoms with Crippen LogP contribution in [0.5, 0.6) is 0 Å². The Morgan fingerprint density at radius 1 is 1.16 bits per heavy atom. The van der Waals surface area contributed by atoms with E-state index in [1.165, 1.54) is 6.07 Å². The Morgan fingerprint density at radius 2 is 1.76 bits per heavy atom. The number of anilines is 1. The quantitative estimate of drug-likeness (QED) is 0.655. The number of benzene rings is 2. The number of fused-ring (bicyclic) bond motifs is 1. The number of nitrogens with two attached hydrogens (primary N) is 1. The maximum atomic E-state index is 12.7. The summed E-state index contributed by atoms with van der Waals surface area (Å²) in [6, 6.07) is 8.31. The van der Waals surface area contributed by atoms with Crippen molar-refractivity contribution in [2.75, 3.05) is 19.0 Å². The fourth-order valence-corrected chi connectivity index (χ4v) is 3.93. The highest BCUT2D eigenvalue weighted by Gasteiger charge is 2.28. The van der Waals surface area contributed by atoms with Gasteiger partial charge in [0, 0.05) is 30.6 Å². The Balaban J connectivity index is 2.54. The van der Waals surface area contributed by atoms with Crippen LogP contribution in [-0.4, -0.2) is 45.5 Å². The zero-order chi connectivity index (χ0) is 18.8. The summed E-state index contributed by atoms with van der Waals surface area (Å²) in [5.41, 5.74) is 5.81. The lowest BCUT2D eigenvalue weighted by Crippen LogP contribution is -2.43. The number of amides is 1. The summed E-state index contributed by atoms with van der Waals surface area (Å²) in [6.45, 7) is 0. The van der Waals surface area contributed by atoms with Crippen LogP contribution in [0, 0.1) is 0 Å². The summed E-state index contributed by atoms with van der Waals surface area (Å²) in [5.74, 6) is -2.39. The van der Waals surface area contributed by atoms with Crippen LogP contribution in [0.3, 0.4) is 0 Å². The molecule has 0 unspecified atom stereocenters. The monoisotopic (exact) mass is 365 g/mol. The molecule has 0 radical (unpaired) electrons.